The zero-order chi connectivity index (χ0) is 15.0. The standard InChI is InChI=1S/C16H18N2O3/c1-10(17)11-6-7-18(9-11)16(20)15-8-13(19)12-4-2-3-5-14(12)21-15/h2-5,8,10-11H,6-7,9,17H2,1H3. The van der Waals surface area contributed by atoms with Crippen LogP contribution >= 0.6 is 0 Å². The maximum atomic E-state index is 12.5. The smallest absolute Gasteiger partial charge is 0.289 e. The summed E-state index contributed by atoms with van der Waals surface area (Å²) in [6.45, 7) is 3.23. The average molecular weight is 286 g/mol. The van der Waals surface area contributed by atoms with Crippen LogP contribution in [0.2, 0.25) is 0 Å². The Bertz CT molecular complexity index is 736. The fraction of sp³-hybridized carbons (Fsp3) is 0.375. The predicted octanol–water partition coefficient (Wildman–Crippen LogP) is 1.60. The third kappa shape index (κ3) is 2.56. The van der Waals surface area contributed by atoms with Crippen molar-refractivity contribution in [1.82, 2.24) is 4.90 Å². The minimum Gasteiger partial charge on any atom is -0.451 e. The number of carbonyl (C=O) groups excluding carboxylic acids is 1. The largest absolute Gasteiger partial charge is 0.451 e. The van der Waals surface area contributed by atoms with Gasteiger partial charge in [0.05, 0.1) is 5.39 Å². The first kappa shape index (κ1) is 13.8. The van der Waals surface area contributed by atoms with Crippen molar-refractivity contribution in [2.75, 3.05) is 13.1 Å². The molecule has 1 aliphatic rings. The SMILES string of the molecule is CC(N)C1CCN(C(=O)c2cc(=O)c3ccccc3o2)C1. The number of rotatable bonds is 2. The monoisotopic (exact) mass is 286 g/mol. The Morgan fingerprint density at radius 3 is 2.90 bits per heavy atom. The van der Waals surface area contributed by atoms with Crippen molar-refractivity contribution < 1.29 is 9.21 Å². The Balaban J connectivity index is 1.91. The molecule has 1 saturated heterocycles. The first-order chi connectivity index (χ1) is 10.1. The van der Waals surface area contributed by atoms with E-state index in [9.17, 15) is 9.59 Å². The fourth-order valence-electron chi connectivity index (χ4n) is 2.77. The van der Waals surface area contributed by atoms with E-state index in [1.54, 1.807) is 29.2 Å². The molecule has 0 spiro atoms. The Labute approximate surface area is 122 Å². The number of carbonyl (C=O) groups is 1. The number of amides is 1. The van der Waals surface area contributed by atoms with Crippen LogP contribution < -0.4 is 11.2 Å². The molecule has 21 heavy (non-hydrogen) atoms. The zero-order valence-electron chi connectivity index (χ0n) is 11.9. The number of fused-ring (bicyclic) bond motifs is 1. The van der Waals surface area contributed by atoms with E-state index in [2.05, 4.69) is 0 Å². The van der Waals surface area contributed by atoms with Crippen molar-refractivity contribution in [1.29, 1.82) is 0 Å². The van der Waals surface area contributed by atoms with Gasteiger partial charge < -0.3 is 15.1 Å². The molecule has 5 nitrogen and oxygen atoms in total. The van der Waals surface area contributed by atoms with Crippen LogP contribution in [-0.2, 0) is 0 Å². The summed E-state index contributed by atoms with van der Waals surface area (Å²) in [6.07, 6.45) is 0.890. The van der Waals surface area contributed by atoms with Gasteiger partial charge in [0.2, 0.25) is 0 Å². The molecule has 1 aromatic heterocycles. The lowest BCUT2D eigenvalue weighted by Crippen LogP contribution is -2.33. The van der Waals surface area contributed by atoms with Crippen molar-refractivity contribution in [3.8, 4) is 0 Å². The molecule has 1 fully saturated rings. The molecule has 0 aliphatic carbocycles. The van der Waals surface area contributed by atoms with E-state index in [0.717, 1.165) is 6.42 Å². The lowest BCUT2D eigenvalue weighted by Gasteiger charge is -2.17. The van der Waals surface area contributed by atoms with Crippen LogP contribution in [0.25, 0.3) is 11.0 Å². The summed E-state index contributed by atoms with van der Waals surface area (Å²) in [5.74, 6) is 0.172. The van der Waals surface area contributed by atoms with Crippen molar-refractivity contribution in [2.45, 2.75) is 19.4 Å². The van der Waals surface area contributed by atoms with Crippen LogP contribution in [0, 0.1) is 5.92 Å². The number of likely N-dealkylation sites (tertiary alicyclic amines) is 1. The van der Waals surface area contributed by atoms with Crippen LogP contribution in [0.1, 0.15) is 23.9 Å². The van der Waals surface area contributed by atoms with E-state index < -0.39 is 0 Å². The molecule has 2 N–H and O–H groups in total. The van der Waals surface area contributed by atoms with Gasteiger partial charge in [0.25, 0.3) is 5.91 Å². The predicted molar refractivity (Wildman–Crippen MR) is 80.1 cm³/mol. The number of benzene rings is 1. The summed E-state index contributed by atoms with van der Waals surface area (Å²) < 4.78 is 5.59. The van der Waals surface area contributed by atoms with Crippen molar-refractivity contribution in [2.24, 2.45) is 11.7 Å². The molecule has 0 bridgehead atoms. The molecule has 1 aliphatic heterocycles. The highest BCUT2D eigenvalue weighted by Gasteiger charge is 2.30. The molecule has 1 amide bonds. The fourth-order valence-corrected chi connectivity index (χ4v) is 2.77. The summed E-state index contributed by atoms with van der Waals surface area (Å²) in [5, 5.41) is 0.490. The van der Waals surface area contributed by atoms with E-state index >= 15 is 0 Å². The van der Waals surface area contributed by atoms with E-state index in [4.69, 9.17) is 10.2 Å². The molecular weight excluding hydrogens is 268 g/mol. The second kappa shape index (κ2) is 5.33. The average Bonchev–Trinajstić information content (AvgIpc) is 2.96. The van der Waals surface area contributed by atoms with Gasteiger partial charge >= 0.3 is 0 Å². The Hall–Kier alpha value is -2.14. The van der Waals surface area contributed by atoms with Gasteiger partial charge in [-0.15, -0.1) is 0 Å². The van der Waals surface area contributed by atoms with Crippen molar-refractivity contribution in [3.63, 3.8) is 0 Å². The van der Waals surface area contributed by atoms with Gasteiger partial charge in [0, 0.05) is 25.2 Å². The number of nitrogens with zero attached hydrogens (tertiary/aromatic N) is 1. The highest BCUT2D eigenvalue weighted by molar-refractivity contribution is 5.93. The zero-order valence-corrected chi connectivity index (χ0v) is 11.9. The Kier molecular flexibility index (Phi) is 3.51. The molecular formula is C16H18N2O3. The third-order valence-corrected chi connectivity index (χ3v) is 4.10. The van der Waals surface area contributed by atoms with Crippen LogP contribution in [0.4, 0.5) is 0 Å². The van der Waals surface area contributed by atoms with Crippen molar-refractivity contribution >= 4 is 16.9 Å². The summed E-state index contributed by atoms with van der Waals surface area (Å²) in [4.78, 5) is 26.2. The maximum Gasteiger partial charge on any atom is 0.289 e. The molecule has 5 heteroatoms. The number of para-hydroxylation sites is 1. The van der Waals surface area contributed by atoms with Gasteiger partial charge in [0.15, 0.2) is 11.2 Å². The van der Waals surface area contributed by atoms with Crippen LogP contribution in [0.15, 0.2) is 39.5 Å². The molecule has 2 unspecified atom stereocenters. The van der Waals surface area contributed by atoms with E-state index in [0.29, 0.717) is 30.0 Å². The Morgan fingerprint density at radius 2 is 2.19 bits per heavy atom. The van der Waals surface area contributed by atoms with Gasteiger partial charge in [-0.05, 0) is 31.4 Å². The van der Waals surface area contributed by atoms with E-state index in [-0.39, 0.29) is 23.1 Å². The third-order valence-electron chi connectivity index (χ3n) is 4.10. The summed E-state index contributed by atoms with van der Waals surface area (Å²) >= 11 is 0. The molecule has 3 rings (SSSR count). The lowest BCUT2D eigenvalue weighted by atomic mass is 10.0. The van der Waals surface area contributed by atoms with Gasteiger partial charge in [-0.1, -0.05) is 12.1 Å². The van der Waals surface area contributed by atoms with Crippen molar-refractivity contribution in [3.05, 3.63) is 46.3 Å². The summed E-state index contributed by atoms with van der Waals surface area (Å²) in [7, 11) is 0. The molecule has 110 valence electrons. The molecule has 0 radical (unpaired) electrons. The second-order valence-electron chi connectivity index (χ2n) is 5.63. The quantitative estimate of drug-likeness (QED) is 0.909. The molecule has 2 heterocycles. The number of nitrogens with two attached hydrogens (primary N) is 1. The maximum absolute atomic E-state index is 12.5. The lowest BCUT2D eigenvalue weighted by molar-refractivity contribution is 0.0755. The first-order valence-electron chi connectivity index (χ1n) is 7.14. The molecule has 2 aromatic rings. The van der Waals surface area contributed by atoms with Gasteiger partial charge in [0.1, 0.15) is 5.58 Å². The minimum absolute atomic E-state index is 0.0615. The van der Waals surface area contributed by atoms with Gasteiger partial charge in [-0.3, -0.25) is 9.59 Å². The summed E-state index contributed by atoms with van der Waals surface area (Å²) in [5.41, 5.74) is 6.14. The van der Waals surface area contributed by atoms with Crippen LogP contribution in [0.3, 0.4) is 0 Å². The second-order valence-corrected chi connectivity index (χ2v) is 5.63. The molecule has 1 aromatic carbocycles. The van der Waals surface area contributed by atoms with Crippen LogP contribution in [0.5, 0.6) is 0 Å². The molecule has 2 atom stereocenters. The first-order valence-corrected chi connectivity index (χ1v) is 7.14. The Morgan fingerprint density at radius 1 is 1.43 bits per heavy atom. The topological polar surface area (TPSA) is 76.5 Å². The minimum atomic E-state index is -0.235. The number of hydrogen-bond acceptors (Lipinski definition) is 4. The van der Waals surface area contributed by atoms with Gasteiger partial charge in [-0.2, -0.15) is 0 Å². The van der Waals surface area contributed by atoms with Gasteiger partial charge in [-0.25, -0.2) is 0 Å². The number of hydrogen-bond donors (Lipinski definition) is 1. The normalized spacial score (nSPS) is 19.9. The highest BCUT2D eigenvalue weighted by atomic mass is 16.3. The highest BCUT2D eigenvalue weighted by Crippen LogP contribution is 2.21. The van der Waals surface area contributed by atoms with Crippen LogP contribution in [-0.4, -0.2) is 29.9 Å². The molecule has 0 saturated carbocycles. The summed E-state index contributed by atoms with van der Waals surface area (Å²) in [6, 6.07) is 8.28. The van der Waals surface area contributed by atoms with E-state index in [1.165, 1.54) is 6.07 Å². The van der Waals surface area contributed by atoms with E-state index in [1.807, 2.05) is 6.92 Å².